The molecule has 0 aliphatic carbocycles. The van der Waals surface area contributed by atoms with Gasteiger partial charge in [-0.05, 0) is 38.3 Å². The highest BCUT2D eigenvalue weighted by Gasteiger charge is 2.59. The van der Waals surface area contributed by atoms with Gasteiger partial charge in [-0.1, -0.05) is 24.8 Å². The molecule has 0 N–H and O–H groups in total. The SMILES string of the molecule is C=C(C)[C@@]12CC[C@@](C)(O1)[C@@H](OCc1ccccc1F)C2. The fourth-order valence-corrected chi connectivity index (χ4v) is 3.40. The maximum atomic E-state index is 13.6. The van der Waals surface area contributed by atoms with Crippen LogP contribution in [-0.2, 0) is 16.1 Å². The summed E-state index contributed by atoms with van der Waals surface area (Å²) in [5, 5.41) is 0. The lowest BCUT2D eigenvalue weighted by Gasteiger charge is -2.30. The van der Waals surface area contributed by atoms with Crippen LogP contribution in [0.15, 0.2) is 36.4 Å². The summed E-state index contributed by atoms with van der Waals surface area (Å²) in [5.74, 6) is -0.212. The van der Waals surface area contributed by atoms with Crippen molar-refractivity contribution in [2.75, 3.05) is 0 Å². The molecule has 20 heavy (non-hydrogen) atoms. The molecule has 2 aliphatic heterocycles. The standard InChI is InChI=1S/C17H21FO2/c1-12(2)17-9-8-16(3,20-17)15(10-17)19-11-13-6-4-5-7-14(13)18/h4-7,15H,1,8-11H2,2-3H3/t15-,16+,17-/m0/s1. The summed E-state index contributed by atoms with van der Waals surface area (Å²) in [7, 11) is 0. The van der Waals surface area contributed by atoms with Crippen molar-refractivity contribution < 1.29 is 13.9 Å². The Kier molecular flexibility index (Phi) is 3.22. The molecule has 0 saturated carbocycles. The van der Waals surface area contributed by atoms with Gasteiger partial charge in [-0.15, -0.1) is 0 Å². The Balaban J connectivity index is 1.71. The molecular formula is C17H21FO2. The van der Waals surface area contributed by atoms with Crippen molar-refractivity contribution in [2.24, 2.45) is 0 Å². The van der Waals surface area contributed by atoms with E-state index in [0.717, 1.165) is 24.8 Å². The average Bonchev–Trinajstić information content (AvgIpc) is 2.90. The third-order valence-electron chi connectivity index (χ3n) is 4.83. The maximum Gasteiger partial charge on any atom is 0.128 e. The van der Waals surface area contributed by atoms with Gasteiger partial charge in [0.05, 0.1) is 23.9 Å². The van der Waals surface area contributed by atoms with Crippen LogP contribution in [0.4, 0.5) is 4.39 Å². The summed E-state index contributed by atoms with van der Waals surface area (Å²) < 4.78 is 25.8. The molecule has 2 heterocycles. The zero-order valence-electron chi connectivity index (χ0n) is 12.1. The van der Waals surface area contributed by atoms with Crippen molar-refractivity contribution in [3.8, 4) is 0 Å². The zero-order chi connectivity index (χ0) is 14.4. The van der Waals surface area contributed by atoms with Crippen LogP contribution in [0.25, 0.3) is 0 Å². The number of halogens is 1. The van der Waals surface area contributed by atoms with Gasteiger partial charge in [0.1, 0.15) is 5.82 Å². The van der Waals surface area contributed by atoms with E-state index >= 15 is 0 Å². The summed E-state index contributed by atoms with van der Waals surface area (Å²) in [4.78, 5) is 0. The Morgan fingerprint density at radius 2 is 2.20 bits per heavy atom. The van der Waals surface area contributed by atoms with Crippen molar-refractivity contribution in [1.29, 1.82) is 0 Å². The van der Waals surface area contributed by atoms with Gasteiger partial charge in [0.25, 0.3) is 0 Å². The number of ether oxygens (including phenoxy) is 2. The van der Waals surface area contributed by atoms with E-state index in [-0.39, 0.29) is 23.1 Å². The lowest BCUT2D eigenvalue weighted by Crippen LogP contribution is -2.37. The number of hydrogen-bond donors (Lipinski definition) is 0. The normalized spacial score (nSPS) is 35.5. The van der Waals surface area contributed by atoms with Gasteiger partial charge in [0.2, 0.25) is 0 Å². The van der Waals surface area contributed by atoms with Crippen molar-refractivity contribution >= 4 is 0 Å². The second-order valence-electron chi connectivity index (χ2n) is 6.28. The molecule has 0 amide bonds. The molecule has 0 radical (unpaired) electrons. The van der Waals surface area contributed by atoms with Gasteiger partial charge in [-0.25, -0.2) is 4.39 Å². The van der Waals surface area contributed by atoms with Crippen LogP contribution >= 0.6 is 0 Å². The van der Waals surface area contributed by atoms with Gasteiger partial charge in [0, 0.05) is 12.0 Å². The number of rotatable bonds is 4. The highest BCUT2D eigenvalue weighted by Crippen LogP contribution is 2.54. The average molecular weight is 276 g/mol. The van der Waals surface area contributed by atoms with Crippen molar-refractivity contribution in [2.45, 2.75) is 57.0 Å². The predicted molar refractivity (Wildman–Crippen MR) is 75.9 cm³/mol. The van der Waals surface area contributed by atoms with Crippen LogP contribution in [0.5, 0.6) is 0 Å². The number of benzene rings is 1. The minimum absolute atomic E-state index is 0.00700. The van der Waals surface area contributed by atoms with E-state index in [1.807, 2.05) is 13.0 Å². The van der Waals surface area contributed by atoms with E-state index in [1.165, 1.54) is 6.07 Å². The van der Waals surface area contributed by atoms with Crippen LogP contribution in [0.2, 0.25) is 0 Å². The second-order valence-corrected chi connectivity index (χ2v) is 6.28. The van der Waals surface area contributed by atoms with Gasteiger partial charge >= 0.3 is 0 Å². The fourth-order valence-electron chi connectivity index (χ4n) is 3.40. The van der Waals surface area contributed by atoms with Crippen LogP contribution in [-0.4, -0.2) is 17.3 Å². The van der Waals surface area contributed by atoms with Crippen molar-refractivity contribution in [3.05, 3.63) is 47.8 Å². The van der Waals surface area contributed by atoms with E-state index in [4.69, 9.17) is 9.47 Å². The Morgan fingerprint density at radius 3 is 2.85 bits per heavy atom. The topological polar surface area (TPSA) is 18.5 Å². The van der Waals surface area contributed by atoms with E-state index in [9.17, 15) is 4.39 Å². The lowest BCUT2D eigenvalue weighted by molar-refractivity contribution is -0.0800. The Morgan fingerprint density at radius 1 is 1.45 bits per heavy atom. The molecule has 0 spiro atoms. The lowest BCUT2D eigenvalue weighted by atomic mass is 9.78. The molecule has 0 aromatic heterocycles. The summed E-state index contributed by atoms with van der Waals surface area (Å²) in [6, 6.07) is 6.75. The van der Waals surface area contributed by atoms with Gasteiger partial charge in [-0.3, -0.25) is 0 Å². The predicted octanol–water partition coefficient (Wildman–Crippen LogP) is 4.00. The molecule has 108 valence electrons. The van der Waals surface area contributed by atoms with E-state index in [0.29, 0.717) is 12.2 Å². The first-order valence-electron chi connectivity index (χ1n) is 7.16. The van der Waals surface area contributed by atoms with Crippen LogP contribution in [0, 0.1) is 5.82 Å². The van der Waals surface area contributed by atoms with Gasteiger partial charge < -0.3 is 9.47 Å². The Bertz CT molecular complexity index is 542. The molecule has 2 fully saturated rings. The maximum absolute atomic E-state index is 13.6. The van der Waals surface area contributed by atoms with Crippen molar-refractivity contribution in [3.63, 3.8) is 0 Å². The van der Waals surface area contributed by atoms with Crippen LogP contribution < -0.4 is 0 Å². The summed E-state index contributed by atoms with van der Waals surface area (Å²) >= 11 is 0. The zero-order valence-corrected chi connectivity index (χ0v) is 12.1. The summed E-state index contributed by atoms with van der Waals surface area (Å²) in [5.41, 5.74) is 1.18. The number of fused-ring (bicyclic) bond motifs is 2. The molecule has 3 rings (SSSR count). The second kappa shape index (κ2) is 4.68. The molecule has 3 atom stereocenters. The Hall–Kier alpha value is -1.19. The third kappa shape index (κ3) is 2.09. The molecule has 3 heteroatoms. The fraction of sp³-hybridized carbons (Fsp3) is 0.529. The summed E-state index contributed by atoms with van der Waals surface area (Å²) in [6.07, 6.45) is 2.82. The monoisotopic (exact) mass is 276 g/mol. The molecule has 1 aromatic rings. The van der Waals surface area contributed by atoms with E-state index < -0.39 is 0 Å². The highest BCUT2D eigenvalue weighted by molar-refractivity contribution is 5.23. The first kappa shape index (κ1) is 13.8. The first-order chi connectivity index (χ1) is 9.45. The molecule has 1 aromatic carbocycles. The van der Waals surface area contributed by atoms with Gasteiger partial charge in [-0.2, -0.15) is 0 Å². The Labute approximate surface area is 119 Å². The molecule has 2 bridgehead atoms. The van der Waals surface area contributed by atoms with Crippen molar-refractivity contribution in [1.82, 2.24) is 0 Å². The first-order valence-corrected chi connectivity index (χ1v) is 7.16. The molecule has 0 unspecified atom stereocenters. The molecular weight excluding hydrogens is 255 g/mol. The minimum atomic E-state index is -0.260. The van der Waals surface area contributed by atoms with Crippen LogP contribution in [0.3, 0.4) is 0 Å². The quantitative estimate of drug-likeness (QED) is 0.774. The van der Waals surface area contributed by atoms with Crippen LogP contribution in [0.1, 0.15) is 38.7 Å². The molecule has 2 saturated heterocycles. The minimum Gasteiger partial charge on any atom is -0.370 e. The largest absolute Gasteiger partial charge is 0.370 e. The summed E-state index contributed by atoms with van der Waals surface area (Å²) in [6.45, 7) is 8.47. The smallest absolute Gasteiger partial charge is 0.128 e. The molecule has 2 aliphatic rings. The van der Waals surface area contributed by atoms with E-state index in [1.54, 1.807) is 12.1 Å². The highest BCUT2D eigenvalue weighted by atomic mass is 19.1. The number of hydrogen-bond acceptors (Lipinski definition) is 2. The van der Waals surface area contributed by atoms with E-state index in [2.05, 4.69) is 13.5 Å². The molecule has 2 nitrogen and oxygen atoms in total. The third-order valence-corrected chi connectivity index (χ3v) is 4.83. The van der Waals surface area contributed by atoms with Gasteiger partial charge in [0.15, 0.2) is 0 Å².